The molecule has 1 aromatic rings. The van der Waals surface area contributed by atoms with E-state index in [-0.39, 0.29) is 14.6 Å². The van der Waals surface area contributed by atoms with Crippen molar-refractivity contribution in [3.8, 4) is 0 Å². The van der Waals surface area contributed by atoms with E-state index in [2.05, 4.69) is 18.0 Å². The molecule has 0 bridgehead atoms. The maximum absolute atomic E-state index is 13.8. The molecular weight excluding hydrogens is 231 g/mol. The summed E-state index contributed by atoms with van der Waals surface area (Å²) in [5.74, 6) is -0.193. The lowest BCUT2D eigenvalue weighted by atomic mass is 10.1. The van der Waals surface area contributed by atoms with Crippen molar-refractivity contribution in [2.45, 2.75) is 31.5 Å². The summed E-state index contributed by atoms with van der Waals surface area (Å²) in [5.41, 5.74) is 7.65. The Hall–Kier alpha value is -1.03. The Bertz CT molecular complexity index is 387. The SMILES string of the molecule is C[Si](C)C1CCN(c2ccc(N)cc2F)CC1. The number of piperidine rings is 1. The molecule has 4 heteroatoms. The lowest BCUT2D eigenvalue weighted by Crippen LogP contribution is -2.35. The predicted molar refractivity (Wildman–Crippen MR) is 73.5 cm³/mol. The third-order valence-corrected chi connectivity index (χ3v) is 5.83. The maximum Gasteiger partial charge on any atom is 0.148 e. The van der Waals surface area contributed by atoms with Gasteiger partial charge < -0.3 is 10.6 Å². The second-order valence-corrected chi connectivity index (χ2v) is 8.02. The average Bonchev–Trinajstić information content (AvgIpc) is 2.29. The molecule has 0 atom stereocenters. The average molecular weight is 251 g/mol. The van der Waals surface area contributed by atoms with E-state index in [9.17, 15) is 4.39 Å². The zero-order valence-corrected chi connectivity index (χ0v) is 11.5. The summed E-state index contributed by atoms with van der Waals surface area (Å²) in [6.45, 7) is 6.69. The minimum Gasteiger partial charge on any atom is -0.399 e. The van der Waals surface area contributed by atoms with Crippen LogP contribution in [0.25, 0.3) is 0 Å². The van der Waals surface area contributed by atoms with Crippen molar-refractivity contribution in [2.24, 2.45) is 0 Å². The Balaban J connectivity index is 2.05. The number of hydrogen-bond acceptors (Lipinski definition) is 2. The van der Waals surface area contributed by atoms with Crippen molar-refractivity contribution in [1.29, 1.82) is 0 Å². The molecule has 0 spiro atoms. The molecule has 1 saturated heterocycles. The summed E-state index contributed by atoms with van der Waals surface area (Å²) in [6, 6.07) is 4.99. The highest BCUT2D eigenvalue weighted by atomic mass is 28.3. The molecule has 1 heterocycles. The van der Waals surface area contributed by atoms with E-state index in [4.69, 9.17) is 5.73 Å². The van der Waals surface area contributed by atoms with Gasteiger partial charge in [-0.15, -0.1) is 0 Å². The van der Waals surface area contributed by atoms with Gasteiger partial charge in [-0.05, 0) is 36.6 Å². The molecule has 0 aliphatic carbocycles. The highest BCUT2D eigenvalue weighted by Gasteiger charge is 2.23. The third-order valence-electron chi connectivity index (χ3n) is 3.62. The minimum atomic E-state index is -0.197. The maximum atomic E-state index is 13.8. The zero-order valence-electron chi connectivity index (χ0n) is 10.5. The smallest absolute Gasteiger partial charge is 0.148 e. The zero-order chi connectivity index (χ0) is 12.4. The Morgan fingerprint density at radius 2 is 1.94 bits per heavy atom. The first-order valence-electron chi connectivity index (χ1n) is 6.18. The lowest BCUT2D eigenvalue weighted by Gasteiger charge is -2.35. The number of nitrogens with zero attached hydrogens (tertiary/aromatic N) is 1. The van der Waals surface area contributed by atoms with Gasteiger partial charge in [-0.3, -0.25) is 0 Å². The van der Waals surface area contributed by atoms with Crippen molar-refractivity contribution < 1.29 is 4.39 Å². The second-order valence-electron chi connectivity index (χ2n) is 5.05. The second kappa shape index (κ2) is 5.08. The molecule has 17 heavy (non-hydrogen) atoms. The molecule has 0 aromatic heterocycles. The molecule has 1 aliphatic heterocycles. The van der Waals surface area contributed by atoms with Crippen LogP contribution in [-0.4, -0.2) is 21.9 Å². The lowest BCUT2D eigenvalue weighted by molar-refractivity contribution is 0.551. The molecule has 2 nitrogen and oxygen atoms in total. The van der Waals surface area contributed by atoms with Crippen molar-refractivity contribution in [2.75, 3.05) is 23.7 Å². The standard InChI is InChI=1S/C13H20FN2Si/c1-17(2)11-5-7-16(8-6-11)13-4-3-10(15)9-12(13)14/h3-4,9,11H,5-8,15H2,1-2H3. The van der Waals surface area contributed by atoms with E-state index in [0.717, 1.165) is 18.6 Å². The molecular formula is C13H20FN2Si. The van der Waals surface area contributed by atoms with Crippen LogP contribution in [0.15, 0.2) is 18.2 Å². The van der Waals surface area contributed by atoms with Crippen molar-refractivity contribution >= 4 is 20.2 Å². The number of benzene rings is 1. The Morgan fingerprint density at radius 3 is 2.47 bits per heavy atom. The van der Waals surface area contributed by atoms with Gasteiger partial charge in [0.2, 0.25) is 0 Å². The minimum absolute atomic E-state index is 0.193. The van der Waals surface area contributed by atoms with Crippen LogP contribution in [0.5, 0.6) is 0 Å². The number of hydrogen-bond donors (Lipinski definition) is 1. The topological polar surface area (TPSA) is 29.3 Å². The van der Waals surface area contributed by atoms with Gasteiger partial charge in [0.25, 0.3) is 0 Å². The molecule has 1 radical (unpaired) electrons. The Morgan fingerprint density at radius 1 is 1.29 bits per heavy atom. The van der Waals surface area contributed by atoms with Gasteiger partial charge in [-0.2, -0.15) is 0 Å². The van der Waals surface area contributed by atoms with E-state index < -0.39 is 0 Å². The molecule has 1 aromatic carbocycles. The summed E-state index contributed by atoms with van der Waals surface area (Å²) >= 11 is 0. The third kappa shape index (κ3) is 2.80. The van der Waals surface area contributed by atoms with Gasteiger partial charge in [-0.1, -0.05) is 13.1 Å². The van der Waals surface area contributed by atoms with Gasteiger partial charge >= 0.3 is 0 Å². The van der Waals surface area contributed by atoms with E-state index in [1.165, 1.54) is 18.9 Å². The summed E-state index contributed by atoms with van der Waals surface area (Å²) in [4.78, 5) is 2.15. The van der Waals surface area contributed by atoms with Gasteiger partial charge in [0, 0.05) is 27.6 Å². The fourth-order valence-electron chi connectivity index (χ4n) is 2.48. The van der Waals surface area contributed by atoms with Crippen LogP contribution in [0.1, 0.15) is 12.8 Å². The van der Waals surface area contributed by atoms with Crippen LogP contribution in [0.4, 0.5) is 15.8 Å². The van der Waals surface area contributed by atoms with Crippen molar-refractivity contribution in [3.05, 3.63) is 24.0 Å². The van der Waals surface area contributed by atoms with Crippen molar-refractivity contribution in [3.63, 3.8) is 0 Å². The molecule has 2 N–H and O–H groups in total. The number of nitrogen functional groups attached to an aromatic ring is 1. The summed E-state index contributed by atoms with van der Waals surface area (Å²) in [6.07, 6.45) is 2.40. The van der Waals surface area contributed by atoms with Gasteiger partial charge in [0.05, 0.1) is 5.69 Å². The van der Waals surface area contributed by atoms with Crippen LogP contribution < -0.4 is 10.6 Å². The first kappa shape index (κ1) is 12.4. The van der Waals surface area contributed by atoms with E-state index >= 15 is 0 Å². The van der Waals surface area contributed by atoms with Crippen LogP contribution >= 0.6 is 0 Å². The highest BCUT2D eigenvalue weighted by Crippen LogP contribution is 2.30. The normalized spacial score (nSPS) is 17.8. The first-order valence-corrected chi connectivity index (χ1v) is 8.75. The van der Waals surface area contributed by atoms with Crippen LogP contribution in [-0.2, 0) is 0 Å². The van der Waals surface area contributed by atoms with E-state index in [1.807, 2.05) is 0 Å². The molecule has 0 unspecified atom stereocenters. The largest absolute Gasteiger partial charge is 0.399 e. The van der Waals surface area contributed by atoms with Crippen LogP contribution in [0, 0.1) is 5.82 Å². The molecule has 0 saturated carbocycles. The monoisotopic (exact) mass is 251 g/mol. The van der Waals surface area contributed by atoms with Gasteiger partial charge in [-0.25, -0.2) is 4.39 Å². The van der Waals surface area contributed by atoms with Gasteiger partial charge in [0.15, 0.2) is 0 Å². The summed E-state index contributed by atoms with van der Waals surface area (Å²) < 4.78 is 13.8. The Kier molecular flexibility index (Phi) is 3.71. The van der Waals surface area contributed by atoms with E-state index in [0.29, 0.717) is 11.4 Å². The number of rotatable bonds is 2. The molecule has 2 rings (SSSR count). The molecule has 0 amide bonds. The van der Waals surface area contributed by atoms with E-state index in [1.54, 1.807) is 12.1 Å². The number of halogens is 1. The van der Waals surface area contributed by atoms with Gasteiger partial charge in [0.1, 0.15) is 5.82 Å². The quantitative estimate of drug-likeness (QED) is 0.646. The Labute approximate surface area is 104 Å². The van der Waals surface area contributed by atoms with Crippen LogP contribution in [0.3, 0.4) is 0 Å². The molecule has 93 valence electrons. The fourth-order valence-corrected chi connectivity index (χ4v) is 3.89. The fraction of sp³-hybridized carbons (Fsp3) is 0.538. The van der Waals surface area contributed by atoms with Crippen LogP contribution in [0.2, 0.25) is 18.6 Å². The predicted octanol–water partition coefficient (Wildman–Crippen LogP) is 3.13. The summed E-state index contributed by atoms with van der Waals surface area (Å²) in [5, 5.41) is 0. The summed E-state index contributed by atoms with van der Waals surface area (Å²) in [7, 11) is -0.197. The molecule has 1 aliphatic rings. The first-order chi connectivity index (χ1) is 8.08. The van der Waals surface area contributed by atoms with Crippen molar-refractivity contribution in [1.82, 2.24) is 0 Å². The number of nitrogens with two attached hydrogens (primary N) is 1. The number of anilines is 2. The molecule has 1 fully saturated rings. The highest BCUT2D eigenvalue weighted by molar-refractivity contribution is 6.57.